The van der Waals surface area contributed by atoms with Crippen LogP contribution in [0.5, 0.6) is 5.75 Å². The molecule has 0 bridgehead atoms. The zero-order valence-electron chi connectivity index (χ0n) is 12.2. The molecule has 0 radical (unpaired) electrons. The van der Waals surface area contributed by atoms with Crippen molar-refractivity contribution in [3.8, 4) is 5.75 Å². The number of fused-ring (bicyclic) bond motifs is 1. The van der Waals surface area contributed by atoms with Crippen LogP contribution in [0, 0.1) is 0 Å². The van der Waals surface area contributed by atoms with Gasteiger partial charge >= 0.3 is 0 Å². The fourth-order valence-electron chi connectivity index (χ4n) is 2.24. The number of hydrogen-bond donors (Lipinski definition) is 1. The molecule has 0 aliphatic carbocycles. The van der Waals surface area contributed by atoms with Crippen molar-refractivity contribution in [3.05, 3.63) is 63.0 Å². The molecule has 1 heterocycles. The van der Waals surface area contributed by atoms with Crippen LogP contribution in [-0.2, 0) is 6.54 Å². The van der Waals surface area contributed by atoms with E-state index >= 15 is 0 Å². The van der Waals surface area contributed by atoms with Gasteiger partial charge in [-0.05, 0) is 17.7 Å². The average molecular weight is 366 g/mol. The molecule has 118 valence electrons. The molecule has 1 aromatic heterocycles. The van der Waals surface area contributed by atoms with Gasteiger partial charge in [0.1, 0.15) is 15.6 Å². The highest BCUT2D eigenvalue weighted by Gasteiger charge is 2.20. The van der Waals surface area contributed by atoms with Gasteiger partial charge in [-0.25, -0.2) is 0 Å². The van der Waals surface area contributed by atoms with E-state index in [1.165, 1.54) is 11.3 Å². The van der Waals surface area contributed by atoms with Crippen molar-refractivity contribution in [3.63, 3.8) is 0 Å². The van der Waals surface area contributed by atoms with Crippen LogP contribution in [-0.4, -0.2) is 13.0 Å². The van der Waals surface area contributed by atoms with Gasteiger partial charge in [0.05, 0.1) is 16.8 Å². The lowest BCUT2D eigenvalue weighted by Crippen LogP contribution is -2.21. The van der Waals surface area contributed by atoms with Gasteiger partial charge in [0.2, 0.25) is 0 Å². The summed E-state index contributed by atoms with van der Waals surface area (Å²) in [6, 6.07) is 13.3. The highest BCUT2D eigenvalue weighted by Crippen LogP contribution is 2.42. The Kier molecular flexibility index (Phi) is 4.76. The topological polar surface area (TPSA) is 38.3 Å². The summed E-state index contributed by atoms with van der Waals surface area (Å²) >= 11 is 13.9. The lowest BCUT2D eigenvalue weighted by molar-refractivity contribution is 0.0955. The number of benzene rings is 2. The van der Waals surface area contributed by atoms with Gasteiger partial charge in [-0.15, -0.1) is 11.3 Å². The minimum Gasteiger partial charge on any atom is -0.495 e. The maximum Gasteiger partial charge on any atom is 0.263 e. The van der Waals surface area contributed by atoms with E-state index in [1.54, 1.807) is 13.2 Å². The maximum atomic E-state index is 12.4. The number of thiophene rings is 1. The van der Waals surface area contributed by atoms with Crippen molar-refractivity contribution >= 4 is 50.5 Å². The molecule has 6 heteroatoms. The Morgan fingerprint density at radius 1 is 1.13 bits per heavy atom. The first-order chi connectivity index (χ1) is 11.1. The smallest absolute Gasteiger partial charge is 0.263 e. The summed E-state index contributed by atoms with van der Waals surface area (Å²) in [5.74, 6) is 0.350. The van der Waals surface area contributed by atoms with Crippen molar-refractivity contribution in [2.75, 3.05) is 7.11 Å². The van der Waals surface area contributed by atoms with Gasteiger partial charge in [0.15, 0.2) is 0 Å². The van der Waals surface area contributed by atoms with Crippen LogP contribution in [0.4, 0.5) is 0 Å². The molecule has 0 spiro atoms. The molecule has 0 unspecified atom stereocenters. The number of nitrogens with one attached hydrogen (secondary N) is 1. The first-order valence-corrected chi connectivity index (χ1v) is 8.45. The van der Waals surface area contributed by atoms with Gasteiger partial charge in [-0.1, -0.05) is 53.5 Å². The average Bonchev–Trinajstić information content (AvgIpc) is 2.92. The molecule has 0 saturated carbocycles. The molecule has 23 heavy (non-hydrogen) atoms. The zero-order chi connectivity index (χ0) is 16.4. The Balaban J connectivity index is 1.89. The largest absolute Gasteiger partial charge is 0.495 e. The number of rotatable bonds is 4. The fraction of sp³-hybridized carbons (Fsp3) is 0.118. The Hall–Kier alpha value is -1.75. The number of ether oxygens (including phenoxy) is 1. The maximum absolute atomic E-state index is 12.4. The number of halogens is 2. The van der Waals surface area contributed by atoms with Crippen molar-refractivity contribution < 1.29 is 9.53 Å². The molecule has 0 saturated heterocycles. The van der Waals surface area contributed by atoms with E-state index in [0.717, 1.165) is 15.6 Å². The summed E-state index contributed by atoms with van der Waals surface area (Å²) in [5, 5.41) is 4.52. The molecule has 0 atom stereocenters. The Morgan fingerprint density at radius 2 is 1.87 bits per heavy atom. The van der Waals surface area contributed by atoms with Crippen molar-refractivity contribution in [1.29, 1.82) is 0 Å². The van der Waals surface area contributed by atoms with Gasteiger partial charge in [0.25, 0.3) is 5.91 Å². The van der Waals surface area contributed by atoms with E-state index < -0.39 is 0 Å². The van der Waals surface area contributed by atoms with Crippen molar-refractivity contribution in [2.24, 2.45) is 0 Å². The normalized spacial score (nSPS) is 10.7. The molecular formula is C17H13Cl2NO2S. The van der Waals surface area contributed by atoms with Crippen LogP contribution in [0.3, 0.4) is 0 Å². The van der Waals surface area contributed by atoms with Crippen LogP contribution < -0.4 is 10.1 Å². The molecule has 2 aromatic carbocycles. The third-order valence-corrected chi connectivity index (χ3v) is 5.64. The van der Waals surface area contributed by atoms with E-state index in [2.05, 4.69) is 5.32 Å². The van der Waals surface area contributed by atoms with Gasteiger partial charge in [0, 0.05) is 11.9 Å². The summed E-state index contributed by atoms with van der Waals surface area (Å²) in [7, 11) is 1.55. The Labute approximate surface area is 147 Å². The lowest BCUT2D eigenvalue weighted by atomic mass is 10.2. The first kappa shape index (κ1) is 16.1. The summed E-state index contributed by atoms with van der Waals surface area (Å²) in [5.41, 5.74) is 1.03. The van der Waals surface area contributed by atoms with Crippen LogP contribution in [0.25, 0.3) is 10.1 Å². The molecule has 3 aromatic rings. The Morgan fingerprint density at radius 3 is 2.57 bits per heavy atom. The second kappa shape index (κ2) is 6.79. The van der Waals surface area contributed by atoms with E-state index in [9.17, 15) is 4.79 Å². The van der Waals surface area contributed by atoms with Gasteiger partial charge < -0.3 is 10.1 Å². The molecule has 0 aliphatic heterocycles. The molecule has 1 amide bonds. The van der Waals surface area contributed by atoms with Crippen LogP contribution >= 0.6 is 34.5 Å². The third-order valence-electron chi connectivity index (χ3n) is 3.42. The predicted molar refractivity (Wildman–Crippen MR) is 96.0 cm³/mol. The molecule has 0 fully saturated rings. The molecule has 0 aliphatic rings. The van der Waals surface area contributed by atoms with E-state index in [1.807, 2.05) is 36.4 Å². The van der Waals surface area contributed by atoms with Crippen molar-refractivity contribution in [1.82, 2.24) is 5.32 Å². The molecule has 3 nitrogen and oxygen atoms in total. The standard InChI is InChI=1S/C17H13Cl2NO2S/c1-22-12-8-7-11-13(18)16(23-15(11)14(12)19)17(21)20-9-10-5-3-2-4-6-10/h2-8H,9H2,1H3,(H,20,21). The van der Waals surface area contributed by atoms with E-state index in [-0.39, 0.29) is 5.91 Å². The quantitative estimate of drug-likeness (QED) is 0.694. The minimum absolute atomic E-state index is 0.213. The summed E-state index contributed by atoms with van der Waals surface area (Å²) < 4.78 is 5.95. The highest BCUT2D eigenvalue weighted by atomic mass is 35.5. The second-order valence-electron chi connectivity index (χ2n) is 4.87. The van der Waals surface area contributed by atoms with Gasteiger partial charge in [-0.3, -0.25) is 4.79 Å². The minimum atomic E-state index is -0.213. The van der Waals surface area contributed by atoms with Crippen LogP contribution in [0.2, 0.25) is 10.0 Å². The summed E-state index contributed by atoms with van der Waals surface area (Å²) in [4.78, 5) is 12.9. The molecule has 3 rings (SSSR count). The predicted octanol–water partition coefficient (Wildman–Crippen LogP) is 5.15. The Bertz CT molecular complexity index is 862. The lowest BCUT2D eigenvalue weighted by Gasteiger charge is -2.03. The number of hydrogen-bond acceptors (Lipinski definition) is 3. The van der Waals surface area contributed by atoms with E-state index in [4.69, 9.17) is 27.9 Å². The van der Waals surface area contributed by atoms with Crippen molar-refractivity contribution in [2.45, 2.75) is 6.54 Å². The molecular weight excluding hydrogens is 353 g/mol. The number of carbonyl (C=O) groups is 1. The number of amides is 1. The first-order valence-electron chi connectivity index (χ1n) is 6.88. The summed E-state index contributed by atoms with van der Waals surface area (Å²) in [6.07, 6.45) is 0. The number of carbonyl (C=O) groups excluding carboxylic acids is 1. The van der Waals surface area contributed by atoms with Crippen LogP contribution in [0.1, 0.15) is 15.2 Å². The second-order valence-corrected chi connectivity index (χ2v) is 6.65. The fourth-order valence-corrected chi connectivity index (χ4v) is 4.05. The zero-order valence-corrected chi connectivity index (χ0v) is 14.6. The van der Waals surface area contributed by atoms with Crippen LogP contribution in [0.15, 0.2) is 42.5 Å². The molecule has 1 N–H and O–H groups in total. The SMILES string of the molecule is COc1ccc2c(Cl)c(C(=O)NCc3ccccc3)sc2c1Cl. The highest BCUT2D eigenvalue weighted by molar-refractivity contribution is 7.22. The van der Waals surface area contributed by atoms with E-state index in [0.29, 0.717) is 27.2 Å². The monoisotopic (exact) mass is 365 g/mol. The third kappa shape index (κ3) is 3.15. The number of methoxy groups -OCH3 is 1. The summed E-state index contributed by atoms with van der Waals surface area (Å²) in [6.45, 7) is 0.446. The van der Waals surface area contributed by atoms with Gasteiger partial charge in [-0.2, -0.15) is 0 Å².